The second kappa shape index (κ2) is 9.53. The predicted molar refractivity (Wildman–Crippen MR) is 104 cm³/mol. The summed E-state index contributed by atoms with van der Waals surface area (Å²) in [7, 11) is 1.61. The van der Waals surface area contributed by atoms with Gasteiger partial charge in [-0.2, -0.15) is 4.98 Å². The lowest BCUT2D eigenvalue weighted by molar-refractivity contribution is 0.133. The number of hydrogen-bond acceptors (Lipinski definition) is 7. The highest BCUT2D eigenvalue weighted by molar-refractivity contribution is 5.35. The van der Waals surface area contributed by atoms with Gasteiger partial charge >= 0.3 is 0 Å². The van der Waals surface area contributed by atoms with Crippen molar-refractivity contribution in [2.24, 2.45) is 0 Å². The molecule has 0 amide bonds. The van der Waals surface area contributed by atoms with Crippen molar-refractivity contribution in [2.45, 2.75) is 25.9 Å². The van der Waals surface area contributed by atoms with Crippen LogP contribution in [0.15, 0.2) is 36.5 Å². The molecule has 0 radical (unpaired) electrons. The van der Waals surface area contributed by atoms with Crippen molar-refractivity contribution >= 4 is 5.95 Å². The minimum Gasteiger partial charge on any atom is -0.494 e. The normalized spacial score (nSPS) is 17.7. The number of ether oxygens (including phenoxy) is 2. The van der Waals surface area contributed by atoms with Crippen LogP contribution in [0.3, 0.4) is 0 Å². The van der Waals surface area contributed by atoms with Crippen molar-refractivity contribution in [3.63, 3.8) is 0 Å². The highest BCUT2D eigenvalue weighted by Crippen LogP contribution is 2.24. The van der Waals surface area contributed by atoms with Crippen LogP contribution in [-0.2, 0) is 6.54 Å². The number of aliphatic hydroxyl groups excluding tert-OH is 1. The van der Waals surface area contributed by atoms with Gasteiger partial charge in [0.1, 0.15) is 5.75 Å². The van der Waals surface area contributed by atoms with E-state index in [0.717, 1.165) is 31.9 Å². The first-order valence-corrected chi connectivity index (χ1v) is 9.42. The molecule has 1 unspecified atom stereocenters. The summed E-state index contributed by atoms with van der Waals surface area (Å²) in [5.74, 6) is 2.17. The Labute approximate surface area is 160 Å². The van der Waals surface area contributed by atoms with E-state index >= 15 is 0 Å². The zero-order chi connectivity index (χ0) is 19.1. The van der Waals surface area contributed by atoms with Crippen molar-refractivity contribution in [3.8, 4) is 11.6 Å². The van der Waals surface area contributed by atoms with Crippen LogP contribution in [0.2, 0.25) is 0 Å². The van der Waals surface area contributed by atoms with E-state index in [2.05, 4.69) is 25.8 Å². The Hall–Kier alpha value is -2.38. The zero-order valence-corrected chi connectivity index (χ0v) is 16.0. The van der Waals surface area contributed by atoms with Gasteiger partial charge in [-0.1, -0.05) is 18.2 Å². The maximum atomic E-state index is 9.56. The van der Waals surface area contributed by atoms with E-state index in [1.165, 1.54) is 5.56 Å². The molecular weight excluding hydrogens is 344 g/mol. The lowest BCUT2D eigenvalue weighted by atomic mass is 10.1. The summed E-state index contributed by atoms with van der Waals surface area (Å²) in [5, 5.41) is 9.56. The van der Waals surface area contributed by atoms with E-state index in [9.17, 15) is 5.11 Å². The number of benzene rings is 1. The Kier molecular flexibility index (Phi) is 6.84. The molecule has 1 aliphatic rings. The van der Waals surface area contributed by atoms with Gasteiger partial charge in [0.25, 0.3) is 0 Å². The van der Waals surface area contributed by atoms with Gasteiger partial charge in [0, 0.05) is 56.7 Å². The molecule has 27 heavy (non-hydrogen) atoms. The molecule has 0 bridgehead atoms. The van der Waals surface area contributed by atoms with Crippen molar-refractivity contribution in [1.82, 2.24) is 14.9 Å². The van der Waals surface area contributed by atoms with Crippen LogP contribution in [0, 0.1) is 0 Å². The SMILES string of the molecule is CCOc1ccccc1CN1CCN(c2nccc(OC)n2)CC1CCO. The van der Waals surface area contributed by atoms with E-state index in [-0.39, 0.29) is 12.6 Å². The molecule has 146 valence electrons. The number of hydrogen-bond donors (Lipinski definition) is 1. The van der Waals surface area contributed by atoms with Gasteiger partial charge in [-0.3, -0.25) is 4.90 Å². The third kappa shape index (κ3) is 4.87. The van der Waals surface area contributed by atoms with E-state index in [1.807, 2.05) is 25.1 Å². The molecule has 0 saturated carbocycles. The summed E-state index contributed by atoms with van der Waals surface area (Å²) in [6.07, 6.45) is 2.42. The molecule has 7 heteroatoms. The molecule has 2 heterocycles. The second-order valence-electron chi connectivity index (χ2n) is 6.52. The first-order chi connectivity index (χ1) is 13.2. The first kappa shape index (κ1) is 19.4. The topological polar surface area (TPSA) is 71.0 Å². The Balaban J connectivity index is 1.73. The largest absolute Gasteiger partial charge is 0.494 e. The lowest BCUT2D eigenvalue weighted by Crippen LogP contribution is -2.53. The summed E-state index contributed by atoms with van der Waals surface area (Å²) in [5.41, 5.74) is 1.17. The van der Waals surface area contributed by atoms with Crippen molar-refractivity contribution in [2.75, 3.05) is 44.9 Å². The second-order valence-corrected chi connectivity index (χ2v) is 6.52. The van der Waals surface area contributed by atoms with Crippen molar-refractivity contribution < 1.29 is 14.6 Å². The fourth-order valence-electron chi connectivity index (χ4n) is 3.45. The highest BCUT2D eigenvalue weighted by atomic mass is 16.5. The molecule has 0 aliphatic carbocycles. The minimum absolute atomic E-state index is 0.154. The third-order valence-electron chi connectivity index (χ3n) is 4.82. The number of para-hydroxylation sites is 1. The van der Waals surface area contributed by atoms with Crippen LogP contribution in [0.1, 0.15) is 18.9 Å². The number of aliphatic hydroxyl groups is 1. The molecule has 3 rings (SSSR count). The van der Waals surface area contributed by atoms with Crippen LogP contribution in [0.4, 0.5) is 5.95 Å². The molecule has 7 nitrogen and oxygen atoms in total. The third-order valence-corrected chi connectivity index (χ3v) is 4.82. The minimum atomic E-state index is 0.154. The lowest BCUT2D eigenvalue weighted by Gasteiger charge is -2.41. The Morgan fingerprint density at radius 2 is 2.07 bits per heavy atom. The monoisotopic (exact) mass is 372 g/mol. The summed E-state index contributed by atoms with van der Waals surface area (Å²) >= 11 is 0. The number of methoxy groups -OCH3 is 1. The predicted octanol–water partition coefficient (Wildman–Crippen LogP) is 1.96. The highest BCUT2D eigenvalue weighted by Gasteiger charge is 2.28. The number of piperazine rings is 1. The van der Waals surface area contributed by atoms with Crippen LogP contribution >= 0.6 is 0 Å². The van der Waals surface area contributed by atoms with E-state index < -0.39 is 0 Å². The van der Waals surface area contributed by atoms with Gasteiger partial charge in [-0.05, 0) is 19.4 Å². The van der Waals surface area contributed by atoms with Crippen LogP contribution in [0.5, 0.6) is 11.6 Å². The summed E-state index contributed by atoms with van der Waals surface area (Å²) < 4.78 is 11.0. The number of aromatic nitrogens is 2. The molecular formula is C20H28N4O3. The van der Waals surface area contributed by atoms with Gasteiger partial charge in [-0.25, -0.2) is 4.98 Å². The summed E-state index contributed by atoms with van der Waals surface area (Å²) in [6, 6.07) is 10.1. The fraction of sp³-hybridized carbons (Fsp3) is 0.500. The molecule has 2 aromatic rings. The fourth-order valence-corrected chi connectivity index (χ4v) is 3.45. The van der Waals surface area contributed by atoms with Crippen LogP contribution in [0.25, 0.3) is 0 Å². The molecule has 1 atom stereocenters. The quantitative estimate of drug-likeness (QED) is 0.759. The van der Waals surface area contributed by atoms with E-state index in [0.29, 0.717) is 24.9 Å². The molecule has 1 saturated heterocycles. The number of nitrogens with zero attached hydrogens (tertiary/aromatic N) is 4. The maximum absolute atomic E-state index is 9.56. The molecule has 1 N–H and O–H groups in total. The Bertz CT molecular complexity index is 728. The Morgan fingerprint density at radius 1 is 1.22 bits per heavy atom. The molecule has 1 aromatic heterocycles. The average molecular weight is 372 g/mol. The van der Waals surface area contributed by atoms with Gasteiger partial charge in [0.05, 0.1) is 13.7 Å². The van der Waals surface area contributed by atoms with Crippen LogP contribution < -0.4 is 14.4 Å². The molecule has 1 fully saturated rings. The van der Waals surface area contributed by atoms with E-state index in [4.69, 9.17) is 9.47 Å². The average Bonchev–Trinajstić information content (AvgIpc) is 2.71. The standard InChI is InChI=1S/C20H28N4O3/c1-3-27-18-7-5-4-6-16(18)14-23-11-12-24(15-17(23)9-13-25)20-21-10-8-19(22-20)26-2/h4-8,10,17,25H,3,9,11-15H2,1-2H3. The molecule has 0 spiro atoms. The van der Waals surface area contributed by atoms with Crippen molar-refractivity contribution in [3.05, 3.63) is 42.1 Å². The zero-order valence-electron chi connectivity index (χ0n) is 16.0. The van der Waals surface area contributed by atoms with Gasteiger partial charge in [0.2, 0.25) is 11.8 Å². The van der Waals surface area contributed by atoms with Crippen LogP contribution in [-0.4, -0.2) is 66.0 Å². The van der Waals surface area contributed by atoms with Crippen molar-refractivity contribution in [1.29, 1.82) is 0 Å². The summed E-state index contributed by atoms with van der Waals surface area (Å²) in [4.78, 5) is 13.4. The van der Waals surface area contributed by atoms with Gasteiger partial charge in [-0.15, -0.1) is 0 Å². The maximum Gasteiger partial charge on any atom is 0.228 e. The number of anilines is 1. The van der Waals surface area contributed by atoms with Gasteiger partial charge < -0.3 is 19.5 Å². The molecule has 1 aliphatic heterocycles. The molecule has 1 aromatic carbocycles. The first-order valence-electron chi connectivity index (χ1n) is 9.42. The summed E-state index contributed by atoms with van der Waals surface area (Å²) in [6.45, 7) is 6.06. The van der Waals surface area contributed by atoms with Gasteiger partial charge in [0.15, 0.2) is 0 Å². The Morgan fingerprint density at radius 3 is 2.85 bits per heavy atom. The number of rotatable bonds is 8. The van der Waals surface area contributed by atoms with E-state index in [1.54, 1.807) is 19.4 Å². The smallest absolute Gasteiger partial charge is 0.228 e.